The summed E-state index contributed by atoms with van der Waals surface area (Å²) in [7, 11) is -1.82. The van der Waals surface area contributed by atoms with Crippen LogP contribution in [0.3, 0.4) is 0 Å². The number of ether oxygens (including phenoxy) is 2. The predicted molar refractivity (Wildman–Crippen MR) is 114 cm³/mol. The van der Waals surface area contributed by atoms with Gasteiger partial charge in [0.05, 0.1) is 19.5 Å². The minimum Gasteiger partial charge on any atom is -0.493 e. The Morgan fingerprint density at radius 3 is 2.69 bits per heavy atom. The lowest BCUT2D eigenvalue weighted by atomic mass is 10.0. The average molecular weight is 427 g/mol. The molecule has 1 aromatic carbocycles. The Hall–Kier alpha value is -1.80. The third kappa shape index (κ3) is 6.60. The van der Waals surface area contributed by atoms with Crippen LogP contribution in [0.5, 0.6) is 11.5 Å². The number of nitrogens with zero attached hydrogens (tertiary/aromatic N) is 1. The van der Waals surface area contributed by atoms with Gasteiger partial charge in [0.2, 0.25) is 15.9 Å². The molecule has 0 aliphatic carbocycles. The normalized spacial score (nSPS) is 17.7. The molecule has 1 aliphatic heterocycles. The van der Waals surface area contributed by atoms with E-state index >= 15 is 0 Å². The van der Waals surface area contributed by atoms with Crippen LogP contribution in [0.2, 0.25) is 0 Å². The van der Waals surface area contributed by atoms with E-state index in [1.165, 1.54) is 4.31 Å². The van der Waals surface area contributed by atoms with Crippen molar-refractivity contribution in [1.29, 1.82) is 0 Å². The minimum absolute atomic E-state index is 0.0769. The molecule has 0 aromatic heterocycles. The predicted octanol–water partition coefficient (Wildman–Crippen LogP) is 3.08. The second-order valence-electron chi connectivity index (χ2n) is 7.34. The quantitative estimate of drug-likeness (QED) is 0.550. The van der Waals surface area contributed by atoms with Gasteiger partial charge in [-0.15, -0.1) is 0 Å². The molecular weight excluding hydrogens is 392 g/mol. The first kappa shape index (κ1) is 23.5. The number of carbonyl (C=O) groups is 1. The minimum atomic E-state index is -3.40. The molecule has 2 rings (SSSR count). The fourth-order valence-corrected chi connectivity index (χ4v) is 5.20. The van der Waals surface area contributed by atoms with E-state index in [0.717, 1.165) is 31.2 Å². The smallest absolute Gasteiger partial charge is 0.238 e. The SMILES string of the molecule is CCCCOc1ccc(CNC(=O)C2CCCCN2S(=O)(=O)CCC)cc1OC. The second kappa shape index (κ2) is 11.4. The summed E-state index contributed by atoms with van der Waals surface area (Å²) in [5.74, 6) is 1.14. The maximum absolute atomic E-state index is 12.8. The van der Waals surface area contributed by atoms with Gasteiger partial charge in [-0.05, 0) is 43.4 Å². The maximum Gasteiger partial charge on any atom is 0.238 e. The van der Waals surface area contributed by atoms with Crippen LogP contribution < -0.4 is 14.8 Å². The van der Waals surface area contributed by atoms with E-state index in [0.29, 0.717) is 44.0 Å². The van der Waals surface area contributed by atoms with Gasteiger partial charge in [-0.3, -0.25) is 4.79 Å². The van der Waals surface area contributed by atoms with E-state index in [9.17, 15) is 13.2 Å². The molecule has 1 N–H and O–H groups in total. The number of nitrogens with one attached hydrogen (secondary N) is 1. The fraction of sp³-hybridized carbons (Fsp3) is 0.667. The number of hydrogen-bond acceptors (Lipinski definition) is 5. The van der Waals surface area contributed by atoms with Crippen molar-refractivity contribution >= 4 is 15.9 Å². The molecule has 1 atom stereocenters. The average Bonchev–Trinajstić information content (AvgIpc) is 2.72. The Morgan fingerprint density at radius 1 is 1.21 bits per heavy atom. The summed E-state index contributed by atoms with van der Waals surface area (Å²) in [6, 6.07) is 4.94. The van der Waals surface area contributed by atoms with Crippen LogP contribution in [-0.2, 0) is 21.4 Å². The van der Waals surface area contributed by atoms with E-state index in [1.807, 2.05) is 25.1 Å². The van der Waals surface area contributed by atoms with Crippen molar-refractivity contribution in [2.45, 2.75) is 65.0 Å². The molecular formula is C21H34N2O5S. The van der Waals surface area contributed by atoms with Gasteiger partial charge >= 0.3 is 0 Å². The Balaban J connectivity index is 2.01. The number of rotatable bonds is 11. The molecule has 1 fully saturated rings. The summed E-state index contributed by atoms with van der Waals surface area (Å²) in [5.41, 5.74) is 0.872. The summed E-state index contributed by atoms with van der Waals surface area (Å²) < 4.78 is 37.6. The third-order valence-electron chi connectivity index (χ3n) is 5.03. The van der Waals surface area contributed by atoms with Crippen LogP contribution in [0, 0.1) is 0 Å². The van der Waals surface area contributed by atoms with Gasteiger partial charge in [0.15, 0.2) is 11.5 Å². The first-order valence-corrected chi connectivity index (χ1v) is 12.1. The van der Waals surface area contributed by atoms with Crippen molar-refractivity contribution < 1.29 is 22.7 Å². The summed E-state index contributed by atoms with van der Waals surface area (Å²) in [4.78, 5) is 12.8. The van der Waals surface area contributed by atoms with Gasteiger partial charge in [0.25, 0.3) is 0 Å². The molecule has 1 amide bonds. The van der Waals surface area contributed by atoms with Crippen molar-refractivity contribution in [3.8, 4) is 11.5 Å². The molecule has 29 heavy (non-hydrogen) atoms. The van der Waals surface area contributed by atoms with Gasteiger partial charge in [-0.2, -0.15) is 4.31 Å². The maximum atomic E-state index is 12.8. The molecule has 164 valence electrons. The second-order valence-corrected chi connectivity index (χ2v) is 9.38. The number of amides is 1. The van der Waals surface area contributed by atoms with Crippen LogP contribution in [0.25, 0.3) is 0 Å². The largest absolute Gasteiger partial charge is 0.493 e. The number of sulfonamides is 1. The molecule has 1 saturated heterocycles. The number of unbranched alkanes of at least 4 members (excludes halogenated alkanes) is 1. The van der Waals surface area contributed by atoms with Crippen LogP contribution in [0.1, 0.15) is 57.9 Å². The summed E-state index contributed by atoms with van der Waals surface area (Å²) in [6.45, 7) is 5.29. The lowest BCUT2D eigenvalue weighted by molar-refractivity contribution is -0.125. The molecule has 1 unspecified atom stereocenters. The molecule has 0 spiro atoms. The zero-order chi connectivity index (χ0) is 21.3. The Labute approximate surface area is 174 Å². The van der Waals surface area contributed by atoms with Crippen LogP contribution in [0.15, 0.2) is 18.2 Å². The third-order valence-corrected chi connectivity index (χ3v) is 7.10. The van der Waals surface area contributed by atoms with Crippen molar-refractivity contribution in [2.24, 2.45) is 0 Å². The molecule has 1 heterocycles. The number of benzene rings is 1. The number of carbonyl (C=O) groups excluding carboxylic acids is 1. The molecule has 7 nitrogen and oxygen atoms in total. The highest BCUT2D eigenvalue weighted by atomic mass is 32.2. The summed E-state index contributed by atoms with van der Waals surface area (Å²) in [6.07, 6.45) is 4.78. The number of methoxy groups -OCH3 is 1. The van der Waals surface area contributed by atoms with Crippen LogP contribution in [0.4, 0.5) is 0 Å². The fourth-order valence-electron chi connectivity index (χ4n) is 3.45. The first-order chi connectivity index (χ1) is 13.9. The highest BCUT2D eigenvalue weighted by molar-refractivity contribution is 7.89. The number of hydrogen-bond donors (Lipinski definition) is 1. The Kier molecular flexibility index (Phi) is 9.23. The van der Waals surface area contributed by atoms with E-state index in [2.05, 4.69) is 12.2 Å². The van der Waals surface area contributed by atoms with Gasteiger partial charge in [-0.25, -0.2) is 8.42 Å². The zero-order valence-electron chi connectivity index (χ0n) is 17.8. The van der Waals surface area contributed by atoms with Gasteiger partial charge in [0, 0.05) is 13.1 Å². The van der Waals surface area contributed by atoms with Crippen molar-refractivity contribution in [3.05, 3.63) is 23.8 Å². The van der Waals surface area contributed by atoms with Crippen molar-refractivity contribution in [2.75, 3.05) is 26.0 Å². The van der Waals surface area contributed by atoms with Gasteiger partial charge in [-0.1, -0.05) is 32.8 Å². The van der Waals surface area contributed by atoms with E-state index < -0.39 is 16.1 Å². The van der Waals surface area contributed by atoms with Gasteiger partial charge < -0.3 is 14.8 Å². The highest BCUT2D eigenvalue weighted by Crippen LogP contribution is 2.28. The van der Waals surface area contributed by atoms with Crippen molar-refractivity contribution in [3.63, 3.8) is 0 Å². The van der Waals surface area contributed by atoms with Crippen LogP contribution >= 0.6 is 0 Å². The molecule has 1 aromatic rings. The van der Waals surface area contributed by atoms with Gasteiger partial charge in [0.1, 0.15) is 6.04 Å². The van der Waals surface area contributed by atoms with E-state index in [-0.39, 0.29) is 11.7 Å². The molecule has 0 radical (unpaired) electrons. The van der Waals surface area contributed by atoms with E-state index in [4.69, 9.17) is 9.47 Å². The van der Waals surface area contributed by atoms with Crippen LogP contribution in [-0.4, -0.2) is 50.7 Å². The molecule has 1 aliphatic rings. The topological polar surface area (TPSA) is 84.9 Å². The standard InChI is InChI=1S/C21H34N2O5S/c1-4-6-13-28-19-11-10-17(15-20(19)27-3)16-22-21(24)18-9-7-8-12-23(18)29(25,26)14-5-2/h10-11,15,18H,4-9,12-14,16H2,1-3H3,(H,22,24). The lowest BCUT2D eigenvalue weighted by Crippen LogP contribution is -2.52. The molecule has 8 heteroatoms. The van der Waals surface area contributed by atoms with E-state index in [1.54, 1.807) is 7.11 Å². The Bertz CT molecular complexity index is 766. The lowest BCUT2D eigenvalue weighted by Gasteiger charge is -2.33. The monoisotopic (exact) mass is 426 g/mol. The Morgan fingerprint density at radius 2 is 2.00 bits per heavy atom. The number of piperidine rings is 1. The van der Waals surface area contributed by atoms with Crippen molar-refractivity contribution in [1.82, 2.24) is 9.62 Å². The molecule has 0 bridgehead atoms. The summed E-state index contributed by atoms with van der Waals surface area (Å²) in [5, 5.41) is 2.89. The first-order valence-electron chi connectivity index (χ1n) is 10.5. The zero-order valence-corrected chi connectivity index (χ0v) is 18.6. The summed E-state index contributed by atoms with van der Waals surface area (Å²) >= 11 is 0. The highest BCUT2D eigenvalue weighted by Gasteiger charge is 2.35. The molecule has 0 saturated carbocycles.